The number of pyridine rings is 1. The number of nitrogens with one attached hydrogen (secondary N) is 2. The van der Waals surface area contributed by atoms with E-state index in [1.165, 1.54) is 18.2 Å². The lowest BCUT2D eigenvalue weighted by atomic mass is 10.0. The Labute approximate surface area is 171 Å². The van der Waals surface area contributed by atoms with Gasteiger partial charge in [-0.25, -0.2) is 13.8 Å². The summed E-state index contributed by atoms with van der Waals surface area (Å²) in [5.74, 6) is -1.27. The summed E-state index contributed by atoms with van der Waals surface area (Å²) >= 11 is 0. The Hall–Kier alpha value is -3.87. The van der Waals surface area contributed by atoms with Crippen LogP contribution in [0.3, 0.4) is 0 Å². The van der Waals surface area contributed by atoms with E-state index in [2.05, 4.69) is 25.5 Å². The molecule has 0 spiro atoms. The van der Waals surface area contributed by atoms with Gasteiger partial charge in [0.15, 0.2) is 0 Å². The summed E-state index contributed by atoms with van der Waals surface area (Å²) in [6, 6.07) is 13.5. The summed E-state index contributed by atoms with van der Waals surface area (Å²) < 4.78 is 28.9. The van der Waals surface area contributed by atoms with Crippen molar-refractivity contribution in [3.8, 4) is 22.4 Å². The van der Waals surface area contributed by atoms with E-state index in [-0.39, 0.29) is 11.4 Å². The normalized spacial score (nSPS) is 12.5. The Bertz CT molecular complexity index is 1290. The van der Waals surface area contributed by atoms with Crippen molar-refractivity contribution >= 4 is 17.2 Å². The molecule has 0 saturated carbocycles. The van der Waals surface area contributed by atoms with Crippen molar-refractivity contribution in [2.75, 3.05) is 5.32 Å². The number of fused-ring (bicyclic) bond motifs is 3. The maximum atomic E-state index is 14.5. The number of aliphatic imine (C=N–C) groups is 1. The van der Waals surface area contributed by atoms with E-state index in [4.69, 9.17) is 0 Å². The molecule has 0 saturated heterocycles. The van der Waals surface area contributed by atoms with Gasteiger partial charge in [0.1, 0.15) is 23.2 Å². The number of aryl methyl sites for hydroxylation is 2. The van der Waals surface area contributed by atoms with Crippen LogP contribution in [0.4, 0.5) is 20.2 Å². The number of halogens is 2. The number of nitrogens with zero attached hydrogens (tertiary/aromatic N) is 3. The molecule has 5 rings (SSSR count). The molecule has 2 aromatic carbocycles. The van der Waals surface area contributed by atoms with Crippen LogP contribution in [-0.2, 0) is 0 Å². The van der Waals surface area contributed by atoms with E-state index in [0.29, 0.717) is 22.8 Å². The molecule has 0 fully saturated rings. The Kier molecular flexibility index (Phi) is 4.17. The van der Waals surface area contributed by atoms with Gasteiger partial charge < -0.3 is 5.32 Å². The molecule has 30 heavy (non-hydrogen) atoms. The first-order chi connectivity index (χ1) is 14.5. The molecule has 0 amide bonds. The summed E-state index contributed by atoms with van der Waals surface area (Å²) in [4.78, 5) is 8.90. The number of rotatable bonds is 2. The second-order valence-corrected chi connectivity index (χ2v) is 7.16. The molecule has 1 aliphatic heterocycles. The standard InChI is InChI=1S/C23H17F2N5/c1-12-6-7-15(11-26-12)14-8-9-19-16(10-14)22-21(13(2)29-30-22)28-23(27-19)20-17(24)4-3-5-18(20)25/h3-11H,1-2H3,(H,27,28)(H,29,30). The molecule has 5 nitrogen and oxygen atoms in total. The van der Waals surface area contributed by atoms with E-state index in [1.54, 1.807) is 6.92 Å². The van der Waals surface area contributed by atoms with Crippen molar-refractivity contribution in [2.24, 2.45) is 4.99 Å². The molecule has 0 radical (unpaired) electrons. The van der Waals surface area contributed by atoms with E-state index >= 15 is 0 Å². The van der Waals surface area contributed by atoms with Crippen molar-refractivity contribution in [1.82, 2.24) is 15.2 Å². The van der Waals surface area contributed by atoms with Crippen LogP contribution in [0.5, 0.6) is 0 Å². The Balaban J connectivity index is 1.70. The predicted molar refractivity (Wildman–Crippen MR) is 113 cm³/mol. The molecule has 148 valence electrons. The first-order valence-electron chi connectivity index (χ1n) is 9.44. The zero-order valence-corrected chi connectivity index (χ0v) is 16.3. The molecule has 0 unspecified atom stereocenters. The number of hydrogen-bond acceptors (Lipinski definition) is 4. The fraction of sp³-hybridized carbons (Fsp3) is 0.0870. The van der Waals surface area contributed by atoms with Crippen LogP contribution < -0.4 is 5.32 Å². The minimum Gasteiger partial charge on any atom is -0.339 e. The minimum absolute atomic E-state index is 0.0971. The number of aromatic amines is 1. The summed E-state index contributed by atoms with van der Waals surface area (Å²) in [6.07, 6.45) is 1.82. The third-order valence-electron chi connectivity index (χ3n) is 5.12. The molecular weight excluding hydrogens is 384 g/mol. The average Bonchev–Trinajstić information content (AvgIpc) is 3.00. The van der Waals surface area contributed by atoms with E-state index in [9.17, 15) is 8.78 Å². The van der Waals surface area contributed by atoms with Gasteiger partial charge in [-0.3, -0.25) is 10.1 Å². The van der Waals surface area contributed by atoms with Crippen molar-refractivity contribution in [3.05, 3.63) is 83.3 Å². The number of hydrogen-bond donors (Lipinski definition) is 2. The summed E-state index contributed by atoms with van der Waals surface area (Å²) in [5.41, 5.74) is 5.99. The van der Waals surface area contributed by atoms with E-state index in [1.807, 2.05) is 43.5 Å². The first-order valence-corrected chi connectivity index (χ1v) is 9.44. The Morgan fingerprint density at radius 1 is 0.900 bits per heavy atom. The molecule has 2 N–H and O–H groups in total. The molecule has 0 atom stereocenters. The van der Waals surface area contributed by atoms with Gasteiger partial charge in [0.05, 0.1) is 17.0 Å². The lowest BCUT2D eigenvalue weighted by Crippen LogP contribution is -2.17. The first kappa shape index (κ1) is 18.2. The second kappa shape index (κ2) is 6.88. The largest absolute Gasteiger partial charge is 0.339 e. The van der Waals surface area contributed by atoms with Crippen LogP contribution in [-0.4, -0.2) is 21.0 Å². The van der Waals surface area contributed by atoms with Crippen LogP contribution in [0.2, 0.25) is 0 Å². The summed E-state index contributed by atoms with van der Waals surface area (Å²) in [6.45, 7) is 3.73. The smallest absolute Gasteiger partial charge is 0.144 e. The maximum absolute atomic E-state index is 14.5. The second-order valence-electron chi connectivity index (χ2n) is 7.16. The maximum Gasteiger partial charge on any atom is 0.144 e. The molecule has 4 aromatic rings. The predicted octanol–water partition coefficient (Wildman–Crippen LogP) is 5.54. The molecule has 3 heterocycles. The van der Waals surface area contributed by atoms with Gasteiger partial charge in [-0.2, -0.15) is 5.10 Å². The van der Waals surface area contributed by atoms with Crippen molar-refractivity contribution in [3.63, 3.8) is 0 Å². The topological polar surface area (TPSA) is 66.0 Å². The zero-order valence-electron chi connectivity index (χ0n) is 16.3. The molecule has 7 heteroatoms. The van der Waals surface area contributed by atoms with Crippen LogP contribution in [0, 0.1) is 25.5 Å². The van der Waals surface area contributed by atoms with Gasteiger partial charge in [0, 0.05) is 28.7 Å². The molecule has 2 aromatic heterocycles. The highest BCUT2D eigenvalue weighted by Crippen LogP contribution is 2.40. The van der Waals surface area contributed by atoms with Crippen LogP contribution >= 0.6 is 0 Å². The lowest BCUT2D eigenvalue weighted by Gasteiger charge is -2.13. The van der Waals surface area contributed by atoms with E-state index in [0.717, 1.165) is 22.4 Å². The SMILES string of the molecule is Cc1ccc(-c2ccc3c(c2)-c2[nH]nc(C)c2N=C(c2c(F)cccc2F)N3)cn1. The zero-order chi connectivity index (χ0) is 20.8. The van der Waals surface area contributed by atoms with E-state index < -0.39 is 11.6 Å². The van der Waals surface area contributed by atoms with Crippen molar-refractivity contribution < 1.29 is 8.78 Å². The molecule has 1 aliphatic rings. The number of anilines is 1. The van der Waals surface area contributed by atoms with Gasteiger partial charge in [0.25, 0.3) is 0 Å². The highest BCUT2D eigenvalue weighted by Gasteiger charge is 2.24. The third kappa shape index (κ3) is 2.95. The number of aromatic nitrogens is 3. The number of H-pyrrole nitrogens is 1. The Morgan fingerprint density at radius 2 is 1.67 bits per heavy atom. The van der Waals surface area contributed by atoms with Gasteiger partial charge in [-0.05, 0) is 49.7 Å². The van der Waals surface area contributed by atoms with Crippen molar-refractivity contribution in [2.45, 2.75) is 13.8 Å². The van der Waals surface area contributed by atoms with Crippen LogP contribution in [0.25, 0.3) is 22.4 Å². The number of benzene rings is 2. The fourth-order valence-electron chi connectivity index (χ4n) is 3.54. The third-order valence-corrected chi connectivity index (χ3v) is 5.12. The number of amidine groups is 1. The van der Waals surface area contributed by atoms with Gasteiger partial charge >= 0.3 is 0 Å². The highest BCUT2D eigenvalue weighted by molar-refractivity contribution is 6.13. The quantitative estimate of drug-likeness (QED) is 0.464. The average molecular weight is 401 g/mol. The molecular formula is C23H17F2N5. The lowest BCUT2D eigenvalue weighted by molar-refractivity contribution is 0.579. The summed E-state index contributed by atoms with van der Waals surface area (Å²) in [5, 5.41) is 10.4. The van der Waals surface area contributed by atoms with Crippen LogP contribution in [0.1, 0.15) is 17.0 Å². The van der Waals surface area contributed by atoms with Crippen LogP contribution in [0.15, 0.2) is 59.7 Å². The Morgan fingerprint density at radius 3 is 2.40 bits per heavy atom. The highest BCUT2D eigenvalue weighted by atomic mass is 19.1. The monoisotopic (exact) mass is 401 g/mol. The van der Waals surface area contributed by atoms with Gasteiger partial charge in [0.2, 0.25) is 0 Å². The van der Waals surface area contributed by atoms with Gasteiger partial charge in [-0.15, -0.1) is 0 Å². The van der Waals surface area contributed by atoms with Gasteiger partial charge in [-0.1, -0.05) is 18.2 Å². The fourth-order valence-corrected chi connectivity index (χ4v) is 3.54. The van der Waals surface area contributed by atoms with Crippen molar-refractivity contribution in [1.29, 1.82) is 0 Å². The molecule has 0 bridgehead atoms. The summed E-state index contributed by atoms with van der Waals surface area (Å²) in [7, 11) is 0. The minimum atomic E-state index is -0.685. The molecule has 0 aliphatic carbocycles.